The van der Waals surface area contributed by atoms with Crippen LogP contribution in [0.4, 0.5) is 0 Å². The van der Waals surface area contributed by atoms with E-state index in [1.807, 2.05) is 0 Å². The van der Waals surface area contributed by atoms with Crippen LogP contribution >= 0.6 is 12.6 Å². The van der Waals surface area contributed by atoms with E-state index < -0.39 is 0 Å². The Kier molecular flexibility index (Phi) is 2.91. The number of nitrogens with one attached hydrogen (secondary N) is 1. The zero-order valence-corrected chi connectivity index (χ0v) is 8.61. The molecular formula is C11H15NS. The van der Waals surface area contributed by atoms with Gasteiger partial charge in [-0.25, -0.2) is 0 Å². The van der Waals surface area contributed by atoms with Crippen molar-refractivity contribution >= 4 is 12.6 Å². The van der Waals surface area contributed by atoms with Crippen molar-refractivity contribution in [2.75, 3.05) is 5.88 Å². The minimum atomic E-state index is 0.747. The summed E-state index contributed by atoms with van der Waals surface area (Å²) in [6.45, 7) is 0.941. The van der Waals surface area contributed by atoms with E-state index in [-0.39, 0.29) is 0 Å². The minimum Gasteiger partial charge on any atom is -0.304 e. The average molecular weight is 193 g/mol. The van der Waals surface area contributed by atoms with Crippen LogP contribution in [0.1, 0.15) is 23.1 Å². The van der Waals surface area contributed by atoms with E-state index >= 15 is 0 Å². The molecule has 0 aliphatic heterocycles. The molecule has 0 spiro atoms. The Bertz CT molecular complexity index is 296. The van der Waals surface area contributed by atoms with Crippen LogP contribution in [0.15, 0.2) is 18.2 Å². The maximum absolute atomic E-state index is 4.12. The van der Waals surface area contributed by atoms with Crippen LogP contribution in [0.2, 0.25) is 0 Å². The third-order valence-corrected chi connectivity index (χ3v) is 2.83. The highest BCUT2D eigenvalue weighted by molar-refractivity contribution is 7.80. The summed E-state index contributed by atoms with van der Waals surface area (Å²) in [6, 6.07) is 6.83. The van der Waals surface area contributed by atoms with Crippen LogP contribution in [0.5, 0.6) is 0 Å². The van der Waals surface area contributed by atoms with Gasteiger partial charge in [-0.15, -0.1) is 0 Å². The maximum atomic E-state index is 4.12. The second kappa shape index (κ2) is 4.16. The van der Waals surface area contributed by atoms with Crippen molar-refractivity contribution in [2.45, 2.75) is 25.8 Å². The predicted octanol–water partition coefficient (Wildman–Crippen LogP) is 2.15. The van der Waals surface area contributed by atoms with E-state index in [0.717, 1.165) is 12.4 Å². The quantitative estimate of drug-likeness (QED) is 0.554. The molecule has 1 nitrogen and oxygen atoms in total. The third kappa shape index (κ3) is 2.06. The summed E-state index contributed by atoms with van der Waals surface area (Å²) in [4.78, 5) is 0. The summed E-state index contributed by atoms with van der Waals surface area (Å²) in [7, 11) is 0. The molecule has 70 valence electrons. The van der Waals surface area contributed by atoms with Gasteiger partial charge in [0.25, 0.3) is 0 Å². The predicted molar refractivity (Wildman–Crippen MR) is 59.2 cm³/mol. The number of aryl methyl sites for hydroxylation is 2. The summed E-state index contributed by atoms with van der Waals surface area (Å²) < 4.78 is 0. The van der Waals surface area contributed by atoms with E-state index in [1.165, 1.54) is 24.8 Å². The van der Waals surface area contributed by atoms with Crippen molar-refractivity contribution in [3.8, 4) is 0 Å². The molecule has 0 saturated heterocycles. The van der Waals surface area contributed by atoms with Gasteiger partial charge < -0.3 is 5.32 Å². The number of benzene rings is 1. The molecule has 1 aromatic rings. The van der Waals surface area contributed by atoms with E-state index in [1.54, 1.807) is 11.1 Å². The van der Waals surface area contributed by atoms with Gasteiger partial charge >= 0.3 is 0 Å². The van der Waals surface area contributed by atoms with Gasteiger partial charge in [0, 0.05) is 12.4 Å². The van der Waals surface area contributed by atoms with Crippen molar-refractivity contribution < 1.29 is 0 Å². The summed E-state index contributed by atoms with van der Waals surface area (Å²) in [6.07, 6.45) is 3.87. The van der Waals surface area contributed by atoms with Crippen LogP contribution < -0.4 is 5.32 Å². The highest BCUT2D eigenvalue weighted by atomic mass is 32.1. The van der Waals surface area contributed by atoms with Gasteiger partial charge in [0.15, 0.2) is 0 Å². The first-order valence-corrected chi connectivity index (χ1v) is 5.45. The number of thiol groups is 1. The van der Waals surface area contributed by atoms with E-state index in [2.05, 4.69) is 36.1 Å². The van der Waals surface area contributed by atoms with Crippen molar-refractivity contribution in [1.29, 1.82) is 0 Å². The second-order valence-electron chi connectivity index (χ2n) is 3.54. The SMILES string of the molecule is SCNCc1ccc2c(c1)CCC2. The topological polar surface area (TPSA) is 12.0 Å². The number of hydrogen-bond donors (Lipinski definition) is 2. The normalized spacial score (nSPS) is 14.5. The van der Waals surface area contributed by atoms with E-state index in [4.69, 9.17) is 0 Å². The van der Waals surface area contributed by atoms with Crippen LogP contribution in [-0.2, 0) is 19.4 Å². The van der Waals surface area contributed by atoms with Gasteiger partial charge in [0.05, 0.1) is 0 Å². The first-order valence-electron chi connectivity index (χ1n) is 4.82. The summed E-state index contributed by atoms with van der Waals surface area (Å²) in [5.41, 5.74) is 4.49. The lowest BCUT2D eigenvalue weighted by molar-refractivity contribution is 0.797. The summed E-state index contributed by atoms with van der Waals surface area (Å²) in [5.74, 6) is 0.747. The second-order valence-corrected chi connectivity index (χ2v) is 3.86. The Morgan fingerprint density at radius 3 is 2.92 bits per heavy atom. The van der Waals surface area contributed by atoms with Gasteiger partial charge in [0.1, 0.15) is 0 Å². The molecule has 0 radical (unpaired) electrons. The lowest BCUT2D eigenvalue weighted by Crippen LogP contribution is -2.10. The van der Waals surface area contributed by atoms with Crippen molar-refractivity contribution in [2.24, 2.45) is 0 Å². The molecule has 0 bridgehead atoms. The fourth-order valence-electron chi connectivity index (χ4n) is 1.94. The smallest absolute Gasteiger partial charge is 0.0390 e. The van der Waals surface area contributed by atoms with Crippen LogP contribution in [-0.4, -0.2) is 5.88 Å². The molecule has 13 heavy (non-hydrogen) atoms. The molecule has 0 aromatic heterocycles. The monoisotopic (exact) mass is 193 g/mol. The van der Waals surface area contributed by atoms with Crippen molar-refractivity contribution in [1.82, 2.24) is 5.32 Å². The molecule has 1 aliphatic rings. The molecule has 1 aliphatic carbocycles. The Labute approximate surface area is 85.0 Å². The lowest BCUT2D eigenvalue weighted by atomic mass is 10.1. The molecule has 0 amide bonds. The van der Waals surface area contributed by atoms with Crippen molar-refractivity contribution in [3.63, 3.8) is 0 Å². The van der Waals surface area contributed by atoms with Gasteiger partial charge in [0.2, 0.25) is 0 Å². The number of fused-ring (bicyclic) bond motifs is 1. The highest BCUT2D eigenvalue weighted by Gasteiger charge is 2.09. The number of rotatable bonds is 3. The molecule has 1 aromatic carbocycles. The molecule has 0 saturated carbocycles. The Morgan fingerprint density at radius 2 is 2.08 bits per heavy atom. The molecular weight excluding hydrogens is 178 g/mol. The van der Waals surface area contributed by atoms with E-state index in [9.17, 15) is 0 Å². The zero-order chi connectivity index (χ0) is 9.10. The Balaban J connectivity index is 2.12. The van der Waals surface area contributed by atoms with Crippen LogP contribution in [0.25, 0.3) is 0 Å². The highest BCUT2D eigenvalue weighted by Crippen LogP contribution is 2.22. The maximum Gasteiger partial charge on any atom is 0.0390 e. The average Bonchev–Trinajstić information content (AvgIpc) is 2.61. The minimum absolute atomic E-state index is 0.747. The molecule has 0 heterocycles. The van der Waals surface area contributed by atoms with Crippen molar-refractivity contribution in [3.05, 3.63) is 34.9 Å². The lowest BCUT2D eigenvalue weighted by Gasteiger charge is -2.04. The largest absolute Gasteiger partial charge is 0.304 e. The molecule has 0 atom stereocenters. The first-order chi connectivity index (χ1) is 6.40. The molecule has 2 rings (SSSR count). The van der Waals surface area contributed by atoms with Crippen LogP contribution in [0.3, 0.4) is 0 Å². The van der Waals surface area contributed by atoms with E-state index in [0.29, 0.717) is 0 Å². The Hall–Kier alpha value is -0.470. The van der Waals surface area contributed by atoms with Gasteiger partial charge in [-0.05, 0) is 36.0 Å². The summed E-state index contributed by atoms with van der Waals surface area (Å²) in [5, 5.41) is 3.22. The third-order valence-electron chi connectivity index (χ3n) is 2.60. The Morgan fingerprint density at radius 1 is 1.23 bits per heavy atom. The standard InChI is InChI=1S/C11H15NS/c13-8-12-7-9-4-5-10-2-1-3-11(10)6-9/h4-6,12-13H,1-3,7-8H2. The van der Waals surface area contributed by atoms with Gasteiger partial charge in [-0.1, -0.05) is 18.2 Å². The molecule has 2 heteroatoms. The molecule has 0 unspecified atom stereocenters. The first kappa shape index (κ1) is 9.10. The van der Waals surface area contributed by atoms with Gasteiger partial charge in [-0.2, -0.15) is 12.6 Å². The number of hydrogen-bond acceptors (Lipinski definition) is 2. The fraction of sp³-hybridized carbons (Fsp3) is 0.455. The molecule has 0 fully saturated rings. The fourth-order valence-corrected chi connectivity index (χ4v) is 2.05. The van der Waals surface area contributed by atoms with Crippen LogP contribution in [0, 0.1) is 0 Å². The molecule has 1 N–H and O–H groups in total. The van der Waals surface area contributed by atoms with Gasteiger partial charge in [-0.3, -0.25) is 0 Å². The summed E-state index contributed by atoms with van der Waals surface area (Å²) >= 11 is 4.12. The zero-order valence-electron chi connectivity index (χ0n) is 7.71.